The zero-order valence-corrected chi connectivity index (χ0v) is 15.6. The summed E-state index contributed by atoms with van der Waals surface area (Å²) in [5.74, 6) is -0.0641. The molecular weight excluding hydrogens is 350 g/mol. The molecule has 2 N–H and O–H groups in total. The van der Waals surface area contributed by atoms with Gasteiger partial charge in [0.2, 0.25) is 0 Å². The topological polar surface area (TPSA) is 62.3 Å². The lowest BCUT2D eigenvalue weighted by atomic mass is 10.0. The van der Waals surface area contributed by atoms with Crippen molar-refractivity contribution in [3.05, 3.63) is 89.5 Å². The maximum absolute atomic E-state index is 11.4. The first kappa shape index (κ1) is 17.9. The fourth-order valence-corrected chi connectivity index (χ4v) is 3.40. The number of hydrogen-bond acceptors (Lipinski definition) is 2. The van der Waals surface area contributed by atoms with Gasteiger partial charge in [-0.25, -0.2) is 0 Å². The molecule has 140 valence electrons. The lowest BCUT2D eigenvalue weighted by Gasteiger charge is -2.08. The van der Waals surface area contributed by atoms with Crippen molar-refractivity contribution in [1.82, 2.24) is 4.98 Å². The van der Waals surface area contributed by atoms with Crippen LogP contribution in [0.1, 0.15) is 16.7 Å². The number of aromatic amines is 1. The van der Waals surface area contributed by atoms with E-state index in [2.05, 4.69) is 4.98 Å². The molecule has 0 atom stereocenters. The van der Waals surface area contributed by atoms with Crippen molar-refractivity contribution >= 4 is 16.9 Å². The smallest absolute Gasteiger partial charge is 0.307 e. The number of hydrogen-bond donors (Lipinski definition) is 2. The fourth-order valence-electron chi connectivity index (χ4n) is 3.40. The van der Waals surface area contributed by atoms with Crippen molar-refractivity contribution in [3.63, 3.8) is 0 Å². The molecule has 0 radical (unpaired) electrons. The zero-order chi connectivity index (χ0) is 19.5. The van der Waals surface area contributed by atoms with Gasteiger partial charge in [0.15, 0.2) is 0 Å². The molecule has 0 saturated heterocycles. The average Bonchev–Trinajstić information content (AvgIpc) is 3.05. The van der Waals surface area contributed by atoms with E-state index in [4.69, 9.17) is 4.74 Å². The van der Waals surface area contributed by atoms with E-state index in [-0.39, 0.29) is 6.42 Å². The van der Waals surface area contributed by atoms with Gasteiger partial charge in [-0.3, -0.25) is 4.79 Å². The highest BCUT2D eigenvalue weighted by Crippen LogP contribution is 2.32. The first-order valence-electron chi connectivity index (χ1n) is 9.20. The quantitative estimate of drug-likeness (QED) is 0.480. The molecule has 4 nitrogen and oxygen atoms in total. The van der Waals surface area contributed by atoms with E-state index >= 15 is 0 Å². The van der Waals surface area contributed by atoms with Crippen molar-refractivity contribution in [2.24, 2.45) is 0 Å². The molecule has 0 amide bonds. The molecule has 4 rings (SSSR count). The molecule has 28 heavy (non-hydrogen) atoms. The predicted molar refractivity (Wildman–Crippen MR) is 111 cm³/mol. The monoisotopic (exact) mass is 371 g/mol. The van der Waals surface area contributed by atoms with E-state index in [0.717, 1.165) is 44.6 Å². The highest BCUT2D eigenvalue weighted by molar-refractivity contribution is 5.94. The maximum Gasteiger partial charge on any atom is 0.307 e. The summed E-state index contributed by atoms with van der Waals surface area (Å²) in [4.78, 5) is 14.8. The van der Waals surface area contributed by atoms with E-state index in [1.54, 1.807) is 0 Å². The third-order valence-electron chi connectivity index (χ3n) is 4.78. The van der Waals surface area contributed by atoms with Crippen molar-refractivity contribution < 1.29 is 14.6 Å². The summed E-state index contributed by atoms with van der Waals surface area (Å²) in [5.41, 5.74) is 5.76. The molecule has 0 fully saturated rings. The van der Waals surface area contributed by atoms with Gasteiger partial charge in [-0.15, -0.1) is 0 Å². The van der Waals surface area contributed by atoms with Crippen LogP contribution < -0.4 is 4.74 Å². The van der Waals surface area contributed by atoms with Gasteiger partial charge in [-0.05, 0) is 60.0 Å². The largest absolute Gasteiger partial charge is 0.489 e. The minimum Gasteiger partial charge on any atom is -0.489 e. The minimum atomic E-state index is -0.841. The Kier molecular flexibility index (Phi) is 4.85. The molecule has 0 aliphatic heterocycles. The third-order valence-corrected chi connectivity index (χ3v) is 4.78. The number of aryl methyl sites for hydroxylation is 1. The van der Waals surface area contributed by atoms with Crippen LogP contribution in [0.4, 0.5) is 0 Å². The van der Waals surface area contributed by atoms with Crippen LogP contribution in [0.3, 0.4) is 0 Å². The number of H-pyrrole nitrogens is 1. The van der Waals surface area contributed by atoms with Crippen LogP contribution in [0, 0.1) is 6.92 Å². The van der Waals surface area contributed by atoms with Gasteiger partial charge >= 0.3 is 5.97 Å². The lowest BCUT2D eigenvalue weighted by molar-refractivity contribution is -0.136. The molecule has 3 aromatic carbocycles. The van der Waals surface area contributed by atoms with Gasteiger partial charge in [0.25, 0.3) is 0 Å². The van der Waals surface area contributed by atoms with Gasteiger partial charge in [0, 0.05) is 10.9 Å². The summed E-state index contributed by atoms with van der Waals surface area (Å²) in [6.07, 6.45) is -0.0228. The summed E-state index contributed by atoms with van der Waals surface area (Å²) >= 11 is 0. The van der Waals surface area contributed by atoms with Crippen LogP contribution in [0.15, 0.2) is 72.8 Å². The zero-order valence-electron chi connectivity index (χ0n) is 15.6. The second-order valence-corrected chi connectivity index (χ2v) is 6.90. The Bertz CT molecular complexity index is 1110. The van der Waals surface area contributed by atoms with Gasteiger partial charge < -0.3 is 14.8 Å². The molecule has 0 spiro atoms. The molecule has 1 heterocycles. The number of ether oxygens (including phenoxy) is 1. The average molecular weight is 371 g/mol. The van der Waals surface area contributed by atoms with Crippen LogP contribution in [-0.2, 0) is 17.8 Å². The maximum atomic E-state index is 11.4. The highest BCUT2D eigenvalue weighted by atomic mass is 16.5. The highest BCUT2D eigenvalue weighted by Gasteiger charge is 2.16. The SMILES string of the molecule is Cc1ccc2[nH]c(-c3ccc(OCc4ccccc4)cc3)c(CC(=O)O)c2c1. The third kappa shape index (κ3) is 3.76. The summed E-state index contributed by atoms with van der Waals surface area (Å²) in [5, 5.41) is 10.3. The van der Waals surface area contributed by atoms with Crippen LogP contribution in [0.25, 0.3) is 22.2 Å². The number of aliphatic carboxylic acids is 1. The molecule has 0 bridgehead atoms. The lowest BCUT2D eigenvalue weighted by Crippen LogP contribution is -2.01. The normalized spacial score (nSPS) is 10.9. The molecule has 1 aromatic heterocycles. The summed E-state index contributed by atoms with van der Waals surface area (Å²) in [6, 6.07) is 23.8. The molecule has 0 saturated carbocycles. The Labute approximate surface area is 163 Å². The van der Waals surface area contributed by atoms with Crippen LogP contribution in [-0.4, -0.2) is 16.1 Å². The number of carboxylic acids is 1. The predicted octanol–water partition coefficient (Wildman–Crippen LogP) is 5.35. The number of fused-ring (bicyclic) bond motifs is 1. The Morgan fingerprint density at radius 2 is 1.75 bits per heavy atom. The minimum absolute atomic E-state index is 0.0228. The van der Waals surface area contributed by atoms with Crippen molar-refractivity contribution in [1.29, 1.82) is 0 Å². The van der Waals surface area contributed by atoms with E-state index in [1.807, 2.05) is 79.7 Å². The summed E-state index contributed by atoms with van der Waals surface area (Å²) in [6.45, 7) is 2.52. The van der Waals surface area contributed by atoms with E-state index in [1.165, 1.54) is 0 Å². The van der Waals surface area contributed by atoms with Gasteiger partial charge in [-0.2, -0.15) is 0 Å². The molecule has 0 unspecified atom stereocenters. The van der Waals surface area contributed by atoms with Crippen molar-refractivity contribution in [2.75, 3.05) is 0 Å². The Balaban J connectivity index is 1.63. The van der Waals surface area contributed by atoms with Crippen LogP contribution in [0.5, 0.6) is 5.75 Å². The first-order chi connectivity index (χ1) is 13.6. The number of carboxylic acid groups (broad SMARTS) is 1. The Morgan fingerprint density at radius 1 is 1.00 bits per heavy atom. The number of carbonyl (C=O) groups is 1. The standard InChI is InChI=1S/C24H21NO3/c1-16-7-12-22-20(13-16)21(14-23(26)27)24(25-22)18-8-10-19(11-9-18)28-15-17-5-3-2-4-6-17/h2-13,25H,14-15H2,1H3,(H,26,27). The van der Waals surface area contributed by atoms with Gasteiger partial charge in [0.1, 0.15) is 12.4 Å². The molecule has 0 aliphatic rings. The van der Waals surface area contributed by atoms with E-state index in [0.29, 0.717) is 6.61 Å². The molecular formula is C24H21NO3. The van der Waals surface area contributed by atoms with Crippen LogP contribution >= 0.6 is 0 Å². The number of rotatable bonds is 6. The van der Waals surface area contributed by atoms with Crippen LogP contribution in [0.2, 0.25) is 0 Å². The summed E-state index contributed by atoms with van der Waals surface area (Å²) < 4.78 is 5.85. The molecule has 4 aromatic rings. The number of aromatic nitrogens is 1. The van der Waals surface area contributed by atoms with Gasteiger partial charge in [-0.1, -0.05) is 42.0 Å². The van der Waals surface area contributed by atoms with E-state index in [9.17, 15) is 9.90 Å². The number of benzene rings is 3. The Morgan fingerprint density at radius 3 is 2.46 bits per heavy atom. The second-order valence-electron chi connectivity index (χ2n) is 6.90. The van der Waals surface area contributed by atoms with Crippen molar-refractivity contribution in [3.8, 4) is 17.0 Å². The number of nitrogens with one attached hydrogen (secondary N) is 1. The van der Waals surface area contributed by atoms with Crippen molar-refractivity contribution in [2.45, 2.75) is 20.0 Å². The van der Waals surface area contributed by atoms with E-state index < -0.39 is 5.97 Å². The summed E-state index contributed by atoms with van der Waals surface area (Å²) in [7, 11) is 0. The first-order valence-corrected chi connectivity index (χ1v) is 9.20. The molecule has 4 heteroatoms. The molecule has 0 aliphatic carbocycles. The van der Waals surface area contributed by atoms with Gasteiger partial charge in [0.05, 0.1) is 12.1 Å². The Hall–Kier alpha value is -3.53. The fraction of sp³-hybridized carbons (Fsp3) is 0.125. The second kappa shape index (κ2) is 7.61.